The number of aromatic nitrogens is 2. The minimum atomic E-state index is -4.43. The van der Waals surface area contributed by atoms with E-state index in [4.69, 9.17) is 9.84 Å². The highest BCUT2D eigenvalue weighted by molar-refractivity contribution is 6.76. The number of carboxylic acid groups (broad SMARTS) is 1. The van der Waals surface area contributed by atoms with Crippen molar-refractivity contribution in [1.82, 2.24) is 9.55 Å². The molecule has 1 N–H and O–H groups in total. The highest BCUT2D eigenvalue weighted by atomic mass is 28.3. The Morgan fingerprint density at radius 3 is 2.28 bits per heavy atom. The van der Waals surface area contributed by atoms with E-state index in [-0.39, 0.29) is 13.2 Å². The molecule has 1 aliphatic rings. The fourth-order valence-electron chi connectivity index (χ4n) is 5.16. The summed E-state index contributed by atoms with van der Waals surface area (Å²) < 4.78 is 47.7. The minimum absolute atomic E-state index is 0.0303. The molecule has 0 bridgehead atoms. The Morgan fingerprint density at radius 1 is 1.05 bits per heavy atom. The van der Waals surface area contributed by atoms with Crippen molar-refractivity contribution in [2.45, 2.75) is 82.5 Å². The van der Waals surface area contributed by atoms with Crippen molar-refractivity contribution in [3.63, 3.8) is 0 Å². The molecule has 39 heavy (non-hydrogen) atoms. The SMILES string of the molecule is C[Si](C)(C)CCOCn1cc(C(F)(F)F)cc1-c1ccc(C2CCC(c3ccc(CC(=O)O)cc3)CC2)nc1. The molecule has 1 saturated carbocycles. The van der Waals surface area contributed by atoms with Gasteiger partial charge in [0, 0.05) is 44.2 Å². The number of benzene rings is 1. The molecule has 9 heteroatoms. The lowest BCUT2D eigenvalue weighted by Crippen LogP contribution is -2.22. The molecule has 3 aromatic rings. The van der Waals surface area contributed by atoms with Crippen LogP contribution in [0.4, 0.5) is 13.2 Å². The molecular weight excluding hydrogens is 521 g/mol. The molecule has 2 heterocycles. The summed E-state index contributed by atoms with van der Waals surface area (Å²) in [6.45, 7) is 7.31. The summed E-state index contributed by atoms with van der Waals surface area (Å²) in [6.07, 6.45) is 2.38. The Balaban J connectivity index is 1.40. The summed E-state index contributed by atoms with van der Waals surface area (Å²) in [7, 11) is -1.30. The van der Waals surface area contributed by atoms with Crippen molar-refractivity contribution in [3.05, 3.63) is 77.2 Å². The predicted octanol–water partition coefficient (Wildman–Crippen LogP) is 7.95. The van der Waals surface area contributed by atoms with E-state index in [2.05, 4.69) is 24.6 Å². The quantitative estimate of drug-likeness (QED) is 0.203. The molecule has 4 rings (SSSR count). The first-order valence-electron chi connectivity index (χ1n) is 13.5. The molecule has 1 aromatic carbocycles. The summed E-state index contributed by atoms with van der Waals surface area (Å²) in [4.78, 5) is 15.6. The second-order valence-corrected chi connectivity index (χ2v) is 17.4. The predicted molar refractivity (Wildman–Crippen MR) is 149 cm³/mol. The van der Waals surface area contributed by atoms with Crippen LogP contribution in [0.2, 0.25) is 25.7 Å². The second-order valence-electron chi connectivity index (χ2n) is 11.8. The standard InChI is InChI=1S/C30H37F3N2O3Si/c1-39(2,3)15-14-38-20-35-19-26(30(31,32)33)17-28(35)25-12-13-27(34-18-25)24-10-8-23(9-11-24)22-6-4-21(5-7-22)16-29(36)37/h4-7,12-13,17-19,23-24H,8-11,14-16,20H2,1-3H3,(H,36,37). The van der Waals surface area contributed by atoms with Gasteiger partial charge in [-0.1, -0.05) is 43.9 Å². The zero-order valence-corrected chi connectivity index (χ0v) is 23.8. The van der Waals surface area contributed by atoms with Crippen molar-refractivity contribution in [2.75, 3.05) is 6.61 Å². The second kappa shape index (κ2) is 12.1. The Hall–Kier alpha value is -2.91. The fraction of sp³-hybridized carbons (Fsp3) is 0.467. The maximum atomic E-state index is 13.5. The van der Waals surface area contributed by atoms with E-state index in [0.29, 0.717) is 29.7 Å². The summed E-state index contributed by atoms with van der Waals surface area (Å²) in [5.41, 5.74) is 3.40. The van der Waals surface area contributed by atoms with Crippen LogP contribution in [0.3, 0.4) is 0 Å². The van der Waals surface area contributed by atoms with E-state index in [9.17, 15) is 18.0 Å². The Morgan fingerprint density at radius 2 is 1.72 bits per heavy atom. The third kappa shape index (κ3) is 8.05. The third-order valence-electron chi connectivity index (χ3n) is 7.48. The van der Waals surface area contributed by atoms with E-state index in [1.54, 1.807) is 6.20 Å². The van der Waals surface area contributed by atoms with E-state index in [1.807, 2.05) is 36.4 Å². The molecule has 2 aromatic heterocycles. The minimum Gasteiger partial charge on any atom is -0.481 e. The van der Waals surface area contributed by atoms with Crippen LogP contribution in [0.15, 0.2) is 54.9 Å². The maximum Gasteiger partial charge on any atom is 0.417 e. The highest BCUT2D eigenvalue weighted by Gasteiger charge is 2.33. The highest BCUT2D eigenvalue weighted by Crippen LogP contribution is 2.40. The van der Waals surface area contributed by atoms with Crippen LogP contribution in [-0.2, 0) is 28.9 Å². The van der Waals surface area contributed by atoms with Gasteiger partial charge in [0.25, 0.3) is 0 Å². The molecule has 0 spiro atoms. The number of carboxylic acids is 1. The summed E-state index contributed by atoms with van der Waals surface area (Å²) in [5, 5.41) is 8.96. The van der Waals surface area contributed by atoms with E-state index < -0.39 is 25.8 Å². The third-order valence-corrected chi connectivity index (χ3v) is 9.19. The first-order chi connectivity index (χ1) is 18.4. The Labute approximate surface area is 229 Å². The largest absolute Gasteiger partial charge is 0.481 e. The average molecular weight is 559 g/mol. The summed E-state index contributed by atoms with van der Waals surface area (Å²) in [6, 6.07) is 13.8. The van der Waals surface area contributed by atoms with Crippen LogP contribution in [0.1, 0.15) is 59.9 Å². The van der Waals surface area contributed by atoms with Crippen molar-refractivity contribution in [1.29, 1.82) is 0 Å². The normalized spacial score (nSPS) is 18.3. The summed E-state index contributed by atoms with van der Waals surface area (Å²) in [5.74, 6) is -0.0880. The van der Waals surface area contributed by atoms with Gasteiger partial charge in [-0.2, -0.15) is 13.2 Å². The number of rotatable bonds is 10. The Kier molecular flexibility index (Phi) is 9.01. The number of hydrogen-bond donors (Lipinski definition) is 1. The van der Waals surface area contributed by atoms with Gasteiger partial charge in [-0.15, -0.1) is 0 Å². The lowest BCUT2D eigenvalue weighted by Gasteiger charge is -2.28. The van der Waals surface area contributed by atoms with Gasteiger partial charge < -0.3 is 14.4 Å². The number of ether oxygens (including phenoxy) is 1. The van der Waals surface area contributed by atoms with Crippen molar-refractivity contribution < 1.29 is 27.8 Å². The van der Waals surface area contributed by atoms with Crippen LogP contribution in [0.25, 0.3) is 11.3 Å². The molecule has 0 aliphatic heterocycles. The first-order valence-corrected chi connectivity index (χ1v) is 17.2. The number of alkyl halides is 3. The molecule has 5 nitrogen and oxygen atoms in total. The lowest BCUT2D eigenvalue weighted by atomic mass is 9.77. The van der Waals surface area contributed by atoms with Crippen LogP contribution in [-0.4, -0.2) is 35.3 Å². The molecule has 0 atom stereocenters. The molecule has 210 valence electrons. The number of aliphatic carboxylic acids is 1. The van der Waals surface area contributed by atoms with Gasteiger partial charge in [0.2, 0.25) is 0 Å². The number of halogens is 3. The molecule has 0 unspecified atom stereocenters. The van der Waals surface area contributed by atoms with Gasteiger partial charge in [0.15, 0.2) is 0 Å². The van der Waals surface area contributed by atoms with Gasteiger partial charge in [0.1, 0.15) is 6.73 Å². The fourth-order valence-corrected chi connectivity index (χ4v) is 5.92. The molecular formula is C30H37F3N2O3Si. The molecule has 0 saturated heterocycles. The van der Waals surface area contributed by atoms with Gasteiger partial charge in [0.05, 0.1) is 17.7 Å². The zero-order valence-electron chi connectivity index (χ0n) is 22.8. The number of hydrogen-bond acceptors (Lipinski definition) is 3. The van der Waals surface area contributed by atoms with Crippen molar-refractivity contribution in [2.24, 2.45) is 0 Å². The smallest absolute Gasteiger partial charge is 0.417 e. The molecule has 0 amide bonds. The molecule has 1 fully saturated rings. The molecule has 0 radical (unpaired) electrons. The topological polar surface area (TPSA) is 64.3 Å². The van der Waals surface area contributed by atoms with E-state index >= 15 is 0 Å². The van der Waals surface area contributed by atoms with Crippen LogP contribution in [0, 0.1) is 0 Å². The Bertz CT molecular complexity index is 1240. The maximum absolute atomic E-state index is 13.5. The first kappa shape index (κ1) is 29.1. The van der Waals surface area contributed by atoms with Gasteiger partial charge >= 0.3 is 12.1 Å². The van der Waals surface area contributed by atoms with Crippen LogP contribution in [0.5, 0.6) is 0 Å². The average Bonchev–Trinajstić information content (AvgIpc) is 3.31. The zero-order chi connectivity index (χ0) is 28.2. The monoisotopic (exact) mass is 558 g/mol. The van der Waals surface area contributed by atoms with Gasteiger partial charge in [-0.25, -0.2) is 0 Å². The lowest BCUT2D eigenvalue weighted by molar-refractivity contribution is -0.138. The van der Waals surface area contributed by atoms with Crippen molar-refractivity contribution >= 4 is 14.0 Å². The van der Waals surface area contributed by atoms with Crippen LogP contribution >= 0.6 is 0 Å². The van der Waals surface area contributed by atoms with Gasteiger partial charge in [-0.3, -0.25) is 9.78 Å². The van der Waals surface area contributed by atoms with Gasteiger partial charge in [-0.05, 0) is 67.0 Å². The molecule has 1 aliphatic carbocycles. The number of nitrogens with zero attached hydrogens (tertiary/aromatic N) is 2. The number of pyridine rings is 1. The number of carbonyl (C=O) groups is 1. The van der Waals surface area contributed by atoms with E-state index in [1.165, 1.54) is 16.2 Å². The van der Waals surface area contributed by atoms with E-state index in [0.717, 1.165) is 49.2 Å². The van der Waals surface area contributed by atoms with Crippen molar-refractivity contribution in [3.8, 4) is 11.3 Å². The summed E-state index contributed by atoms with van der Waals surface area (Å²) >= 11 is 0. The van der Waals surface area contributed by atoms with Crippen LogP contribution < -0.4 is 0 Å².